The van der Waals surface area contributed by atoms with Gasteiger partial charge in [0.05, 0.1) is 14.2 Å². The molecule has 0 aliphatic heterocycles. The molecule has 1 saturated carbocycles. The second kappa shape index (κ2) is 5.10. The van der Waals surface area contributed by atoms with Crippen LogP contribution in [-0.2, 0) is 6.54 Å². The molecular formula is C16H19NO2. The second-order valence-electron chi connectivity index (χ2n) is 4.99. The monoisotopic (exact) mass is 257 g/mol. The van der Waals surface area contributed by atoms with Gasteiger partial charge < -0.3 is 14.8 Å². The number of methoxy groups -OCH3 is 2. The molecule has 0 unspecified atom stereocenters. The summed E-state index contributed by atoms with van der Waals surface area (Å²) in [6, 6.07) is 11.0. The zero-order valence-electron chi connectivity index (χ0n) is 11.4. The first kappa shape index (κ1) is 12.3. The lowest BCUT2D eigenvalue weighted by atomic mass is 10.0. The van der Waals surface area contributed by atoms with Gasteiger partial charge in [0.25, 0.3) is 0 Å². The Morgan fingerprint density at radius 1 is 1.05 bits per heavy atom. The van der Waals surface area contributed by atoms with Crippen LogP contribution in [0.15, 0.2) is 30.3 Å². The fourth-order valence-corrected chi connectivity index (χ4v) is 2.36. The van der Waals surface area contributed by atoms with Crippen molar-refractivity contribution in [3.8, 4) is 11.5 Å². The molecule has 0 aromatic heterocycles. The van der Waals surface area contributed by atoms with Crippen LogP contribution in [0.5, 0.6) is 11.5 Å². The Morgan fingerprint density at radius 3 is 2.58 bits per heavy atom. The molecular weight excluding hydrogens is 238 g/mol. The molecule has 0 atom stereocenters. The van der Waals surface area contributed by atoms with Gasteiger partial charge in [-0.05, 0) is 48.1 Å². The van der Waals surface area contributed by atoms with E-state index >= 15 is 0 Å². The van der Waals surface area contributed by atoms with E-state index in [1.165, 1.54) is 23.8 Å². The highest BCUT2D eigenvalue weighted by molar-refractivity contribution is 5.92. The summed E-state index contributed by atoms with van der Waals surface area (Å²) in [6.45, 7) is 0.901. The molecule has 3 heteroatoms. The summed E-state index contributed by atoms with van der Waals surface area (Å²) in [7, 11) is 3.41. The predicted molar refractivity (Wildman–Crippen MR) is 76.9 cm³/mol. The molecule has 0 spiro atoms. The first-order chi connectivity index (χ1) is 9.31. The normalized spacial score (nSPS) is 14.6. The number of fused-ring (bicyclic) bond motifs is 1. The molecule has 1 aliphatic carbocycles. The van der Waals surface area contributed by atoms with Gasteiger partial charge >= 0.3 is 0 Å². The Kier molecular flexibility index (Phi) is 3.30. The summed E-state index contributed by atoms with van der Waals surface area (Å²) in [5, 5.41) is 5.90. The third kappa shape index (κ3) is 2.51. The van der Waals surface area contributed by atoms with Crippen LogP contribution in [0.4, 0.5) is 0 Å². The van der Waals surface area contributed by atoms with Crippen LogP contribution in [-0.4, -0.2) is 20.3 Å². The molecule has 1 N–H and O–H groups in total. The van der Waals surface area contributed by atoms with Crippen molar-refractivity contribution in [3.05, 3.63) is 35.9 Å². The van der Waals surface area contributed by atoms with E-state index in [2.05, 4.69) is 23.5 Å². The van der Waals surface area contributed by atoms with Crippen molar-refractivity contribution in [1.29, 1.82) is 0 Å². The lowest BCUT2D eigenvalue weighted by molar-refractivity contribution is 0.414. The first-order valence-corrected chi connectivity index (χ1v) is 6.69. The van der Waals surface area contributed by atoms with Gasteiger partial charge in [-0.2, -0.15) is 0 Å². The third-order valence-electron chi connectivity index (χ3n) is 3.65. The average Bonchev–Trinajstić information content (AvgIpc) is 3.28. The summed E-state index contributed by atoms with van der Waals surface area (Å²) in [5.74, 6) is 1.79. The first-order valence-electron chi connectivity index (χ1n) is 6.69. The van der Waals surface area contributed by atoms with E-state index in [-0.39, 0.29) is 0 Å². The maximum Gasteiger partial charge on any atom is 0.126 e. The standard InChI is InChI=1S/C16H19NO2/c1-18-13-6-7-14-15(9-13)11(3-8-16(14)19-2)10-17-12-4-5-12/h3,6-9,12,17H,4-5,10H2,1-2H3. The topological polar surface area (TPSA) is 30.5 Å². The lowest BCUT2D eigenvalue weighted by Crippen LogP contribution is -2.15. The van der Waals surface area contributed by atoms with E-state index in [4.69, 9.17) is 9.47 Å². The van der Waals surface area contributed by atoms with Crippen LogP contribution in [0.1, 0.15) is 18.4 Å². The summed E-state index contributed by atoms with van der Waals surface area (Å²) < 4.78 is 10.8. The third-order valence-corrected chi connectivity index (χ3v) is 3.65. The molecule has 1 fully saturated rings. The Labute approximate surface area is 113 Å². The molecule has 0 amide bonds. The highest BCUT2D eigenvalue weighted by Gasteiger charge is 2.20. The van der Waals surface area contributed by atoms with E-state index < -0.39 is 0 Å². The van der Waals surface area contributed by atoms with Gasteiger partial charge in [0, 0.05) is 18.0 Å². The molecule has 0 saturated heterocycles. The van der Waals surface area contributed by atoms with Crippen molar-refractivity contribution in [3.63, 3.8) is 0 Å². The molecule has 0 bridgehead atoms. The van der Waals surface area contributed by atoms with E-state index in [0.29, 0.717) is 6.04 Å². The summed E-state index contributed by atoms with van der Waals surface area (Å²) in [5.41, 5.74) is 1.29. The molecule has 2 aromatic carbocycles. The minimum absolute atomic E-state index is 0.711. The SMILES string of the molecule is COc1ccc2c(OC)ccc(CNC3CC3)c2c1. The summed E-state index contributed by atoms with van der Waals surface area (Å²) in [4.78, 5) is 0. The van der Waals surface area contributed by atoms with Crippen molar-refractivity contribution < 1.29 is 9.47 Å². The average molecular weight is 257 g/mol. The van der Waals surface area contributed by atoms with Crippen molar-refractivity contribution >= 4 is 10.8 Å². The smallest absolute Gasteiger partial charge is 0.126 e. The van der Waals surface area contributed by atoms with Crippen LogP contribution >= 0.6 is 0 Å². The maximum atomic E-state index is 5.43. The van der Waals surface area contributed by atoms with Gasteiger partial charge in [-0.15, -0.1) is 0 Å². The fraction of sp³-hybridized carbons (Fsp3) is 0.375. The van der Waals surface area contributed by atoms with E-state index in [1.54, 1.807) is 14.2 Å². The van der Waals surface area contributed by atoms with E-state index in [9.17, 15) is 0 Å². The second-order valence-corrected chi connectivity index (χ2v) is 4.99. The molecule has 19 heavy (non-hydrogen) atoms. The molecule has 2 aromatic rings. The highest BCUT2D eigenvalue weighted by Crippen LogP contribution is 2.32. The number of nitrogens with one attached hydrogen (secondary N) is 1. The quantitative estimate of drug-likeness (QED) is 0.892. The molecule has 3 rings (SSSR count). The Bertz CT molecular complexity index is 591. The van der Waals surface area contributed by atoms with Crippen LogP contribution in [0.25, 0.3) is 10.8 Å². The molecule has 0 radical (unpaired) electrons. The predicted octanol–water partition coefficient (Wildman–Crippen LogP) is 3.11. The van der Waals surface area contributed by atoms with Gasteiger partial charge in [-0.3, -0.25) is 0 Å². The van der Waals surface area contributed by atoms with E-state index in [0.717, 1.165) is 23.4 Å². The largest absolute Gasteiger partial charge is 0.497 e. The summed E-state index contributed by atoms with van der Waals surface area (Å²) >= 11 is 0. The van der Waals surface area contributed by atoms with Gasteiger partial charge in [0.15, 0.2) is 0 Å². The van der Waals surface area contributed by atoms with Gasteiger partial charge in [0.2, 0.25) is 0 Å². The van der Waals surface area contributed by atoms with Crippen LogP contribution < -0.4 is 14.8 Å². The molecule has 3 nitrogen and oxygen atoms in total. The van der Waals surface area contributed by atoms with Crippen molar-refractivity contribution in [1.82, 2.24) is 5.32 Å². The van der Waals surface area contributed by atoms with Crippen molar-refractivity contribution in [2.75, 3.05) is 14.2 Å². The lowest BCUT2D eigenvalue weighted by Gasteiger charge is -2.12. The Hall–Kier alpha value is -1.74. The van der Waals surface area contributed by atoms with Gasteiger partial charge in [0.1, 0.15) is 11.5 Å². The minimum atomic E-state index is 0.711. The number of benzene rings is 2. The van der Waals surface area contributed by atoms with Gasteiger partial charge in [-0.1, -0.05) is 6.07 Å². The number of rotatable bonds is 5. The Morgan fingerprint density at radius 2 is 1.89 bits per heavy atom. The number of hydrogen-bond donors (Lipinski definition) is 1. The maximum absolute atomic E-state index is 5.43. The zero-order chi connectivity index (χ0) is 13.2. The fourth-order valence-electron chi connectivity index (χ4n) is 2.36. The zero-order valence-corrected chi connectivity index (χ0v) is 11.4. The van der Waals surface area contributed by atoms with Crippen molar-refractivity contribution in [2.24, 2.45) is 0 Å². The molecule has 1 aliphatic rings. The number of hydrogen-bond acceptors (Lipinski definition) is 3. The molecule has 100 valence electrons. The number of ether oxygens (including phenoxy) is 2. The van der Waals surface area contributed by atoms with Gasteiger partial charge in [-0.25, -0.2) is 0 Å². The Balaban J connectivity index is 2.03. The van der Waals surface area contributed by atoms with Crippen molar-refractivity contribution in [2.45, 2.75) is 25.4 Å². The van der Waals surface area contributed by atoms with Crippen LogP contribution in [0, 0.1) is 0 Å². The van der Waals surface area contributed by atoms with Crippen LogP contribution in [0.3, 0.4) is 0 Å². The van der Waals surface area contributed by atoms with E-state index in [1.807, 2.05) is 12.1 Å². The molecule has 0 heterocycles. The highest BCUT2D eigenvalue weighted by atomic mass is 16.5. The summed E-state index contributed by atoms with van der Waals surface area (Å²) in [6.07, 6.45) is 2.61. The minimum Gasteiger partial charge on any atom is -0.497 e. The van der Waals surface area contributed by atoms with Crippen LogP contribution in [0.2, 0.25) is 0 Å².